The first-order valence-electron chi connectivity index (χ1n) is 8.82. The van der Waals surface area contributed by atoms with E-state index in [1.54, 1.807) is 7.11 Å². The number of carbonyl (C=O) groups is 1. The number of hydrogen-bond donors (Lipinski definition) is 0. The lowest BCUT2D eigenvalue weighted by Gasteiger charge is -2.36. The molecule has 134 valence electrons. The second-order valence-electron chi connectivity index (χ2n) is 6.97. The number of aromatic nitrogens is 1. The van der Waals surface area contributed by atoms with Crippen LogP contribution in [0.3, 0.4) is 0 Å². The van der Waals surface area contributed by atoms with Crippen molar-refractivity contribution in [3.05, 3.63) is 36.0 Å². The van der Waals surface area contributed by atoms with Crippen LogP contribution in [0, 0.1) is 0 Å². The van der Waals surface area contributed by atoms with Crippen LogP contribution in [0.5, 0.6) is 0 Å². The number of likely N-dealkylation sites (tertiary alicyclic amines) is 1. The van der Waals surface area contributed by atoms with E-state index in [0.717, 1.165) is 19.6 Å². The van der Waals surface area contributed by atoms with Gasteiger partial charge in [-0.2, -0.15) is 0 Å². The summed E-state index contributed by atoms with van der Waals surface area (Å²) in [4.78, 5) is 16.6. The van der Waals surface area contributed by atoms with E-state index in [4.69, 9.17) is 9.47 Å². The summed E-state index contributed by atoms with van der Waals surface area (Å²) >= 11 is 0. The number of hydrogen-bond acceptors (Lipinski definition) is 4. The summed E-state index contributed by atoms with van der Waals surface area (Å²) in [5.74, 6) is 0.0744. The number of morpholine rings is 1. The molecule has 0 saturated carbocycles. The van der Waals surface area contributed by atoms with Gasteiger partial charge in [0.05, 0.1) is 18.8 Å². The molecular formula is C19H25N3O3. The normalized spacial score (nSPS) is 24.2. The van der Waals surface area contributed by atoms with Crippen molar-refractivity contribution in [2.24, 2.45) is 7.05 Å². The average molecular weight is 343 g/mol. The number of carbonyl (C=O) groups excluding carboxylic acids is 1. The summed E-state index contributed by atoms with van der Waals surface area (Å²) in [7, 11) is 3.76. The van der Waals surface area contributed by atoms with Crippen molar-refractivity contribution < 1.29 is 14.3 Å². The fraction of sp³-hybridized carbons (Fsp3) is 0.526. The van der Waals surface area contributed by atoms with Crippen molar-refractivity contribution in [3.8, 4) is 0 Å². The fourth-order valence-corrected chi connectivity index (χ4v) is 4.14. The van der Waals surface area contributed by atoms with Gasteiger partial charge in [0.2, 0.25) is 5.91 Å². The number of fused-ring (bicyclic) bond motifs is 2. The second-order valence-corrected chi connectivity index (χ2v) is 6.97. The van der Waals surface area contributed by atoms with E-state index >= 15 is 0 Å². The van der Waals surface area contributed by atoms with Gasteiger partial charge in [0, 0.05) is 57.4 Å². The van der Waals surface area contributed by atoms with Crippen LogP contribution in [-0.4, -0.2) is 72.4 Å². The molecule has 1 amide bonds. The van der Waals surface area contributed by atoms with Crippen LogP contribution in [0.4, 0.5) is 0 Å². The molecule has 6 heteroatoms. The molecule has 0 radical (unpaired) electrons. The zero-order valence-corrected chi connectivity index (χ0v) is 14.9. The maximum atomic E-state index is 12.2. The summed E-state index contributed by atoms with van der Waals surface area (Å²) < 4.78 is 13.1. The molecule has 25 heavy (non-hydrogen) atoms. The molecule has 0 unspecified atom stereocenters. The van der Waals surface area contributed by atoms with Crippen LogP contribution in [0.25, 0.3) is 10.9 Å². The van der Waals surface area contributed by atoms with Crippen LogP contribution < -0.4 is 0 Å². The third-order valence-electron chi connectivity index (χ3n) is 5.36. The summed E-state index contributed by atoms with van der Waals surface area (Å²) in [5.41, 5.74) is 2.58. The molecular weight excluding hydrogens is 318 g/mol. The number of para-hydroxylation sites is 1. The number of benzene rings is 1. The largest absolute Gasteiger partial charge is 0.383 e. The van der Waals surface area contributed by atoms with E-state index in [1.165, 1.54) is 16.5 Å². The van der Waals surface area contributed by atoms with Gasteiger partial charge >= 0.3 is 0 Å². The predicted octanol–water partition coefficient (Wildman–Crippen LogP) is 1.24. The molecule has 2 atom stereocenters. The van der Waals surface area contributed by atoms with E-state index in [9.17, 15) is 4.79 Å². The number of aryl methyl sites for hydroxylation is 1. The Morgan fingerprint density at radius 1 is 1.28 bits per heavy atom. The van der Waals surface area contributed by atoms with Gasteiger partial charge in [-0.15, -0.1) is 0 Å². The zero-order chi connectivity index (χ0) is 17.4. The average Bonchev–Trinajstić information content (AvgIpc) is 3.16. The summed E-state index contributed by atoms with van der Waals surface area (Å²) in [6.45, 7) is 3.99. The molecule has 0 bridgehead atoms. The van der Waals surface area contributed by atoms with Gasteiger partial charge in [0.1, 0.15) is 6.61 Å². The van der Waals surface area contributed by atoms with E-state index in [2.05, 4.69) is 47.0 Å². The van der Waals surface area contributed by atoms with Crippen molar-refractivity contribution in [1.82, 2.24) is 14.4 Å². The van der Waals surface area contributed by atoms with Crippen molar-refractivity contribution in [3.63, 3.8) is 0 Å². The highest BCUT2D eigenvalue weighted by Crippen LogP contribution is 2.27. The number of methoxy groups -OCH3 is 1. The highest BCUT2D eigenvalue weighted by Gasteiger charge is 2.42. The Labute approximate surface area is 147 Å². The number of rotatable bonds is 5. The van der Waals surface area contributed by atoms with Crippen LogP contribution in [0.2, 0.25) is 0 Å². The minimum atomic E-state index is 0.0744. The zero-order valence-electron chi connectivity index (χ0n) is 14.9. The molecule has 2 fully saturated rings. The van der Waals surface area contributed by atoms with Crippen LogP contribution in [0.1, 0.15) is 5.56 Å². The minimum absolute atomic E-state index is 0.0744. The van der Waals surface area contributed by atoms with Crippen molar-refractivity contribution in [1.29, 1.82) is 0 Å². The van der Waals surface area contributed by atoms with Crippen molar-refractivity contribution >= 4 is 16.8 Å². The van der Waals surface area contributed by atoms with Gasteiger partial charge < -0.3 is 18.9 Å². The molecule has 4 rings (SSSR count). The minimum Gasteiger partial charge on any atom is -0.383 e. The molecule has 0 aliphatic carbocycles. The van der Waals surface area contributed by atoms with Gasteiger partial charge in [-0.1, -0.05) is 18.2 Å². The first-order chi connectivity index (χ1) is 12.2. The van der Waals surface area contributed by atoms with Gasteiger partial charge in [0.25, 0.3) is 0 Å². The smallest absolute Gasteiger partial charge is 0.249 e. The summed E-state index contributed by atoms with van der Waals surface area (Å²) in [6, 6.07) is 8.62. The van der Waals surface area contributed by atoms with Crippen molar-refractivity contribution in [2.75, 3.05) is 40.0 Å². The van der Waals surface area contributed by atoms with Gasteiger partial charge in [-0.05, 0) is 11.6 Å². The highest BCUT2D eigenvalue weighted by atomic mass is 16.5. The predicted molar refractivity (Wildman–Crippen MR) is 95.3 cm³/mol. The highest BCUT2D eigenvalue weighted by molar-refractivity contribution is 5.83. The number of nitrogens with zero attached hydrogens (tertiary/aromatic N) is 3. The Bertz CT molecular complexity index is 772. The molecule has 1 aromatic carbocycles. The molecule has 2 saturated heterocycles. The Kier molecular flexibility index (Phi) is 4.50. The number of amides is 1. The molecule has 3 heterocycles. The van der Waals surface area contributed by atoms with Crippen molar-refractivity contribution in [2.45, 2.75) is 18.7 Å². The maximum Gasteiger partial charge on any atom is 0.249 e. The Balaban J connectivity index is 1.50. The van der Waals surface area contributed by atoms with E-state index in [1.807, 2.05) is 4.90 Å². The third-order valence-corrected chi connectivity index (χ3v) is 5.36. The van der Waals surface area contributed by atoms with Crippen LogP contribution >= 0.6 is 0 Å². The standard InChI is InChI=1S/C19H25N3O3/c1-20-9-14(15-5-3-4-6-16(15)20)10-21-11-17-18(12-21)25-13-19(23)22(17)7-8-24-2/h3-6,9,17-18H,7-8,10-13H2,1-2H3/t17-,18+/m1/s1. The Morgan fingerprint density at radius 3 is 2.96 bits per heavy atom. The monoisotopic (exact) mass is 343 g/mol. The van der Waals surface area contributed by atoms with Gasteiger partial charge in [-0.25, -0.2) is 0 Å². The molecule has 2 aliphatic rings. The van der Waals surface area contributed by atoms with E-state index in [-0.39, 0.29) is 24.7 Å². The Hall–Kier alpha value is -1.89. The van der Waals surface area contributed by atoms with Crippen LogP contribution in [-0.2, 0) is 27.9 Å². The summed E-state index contributed by atoms with van der Waals surface area (Å²) in [6.07, 6.45) is 2.31. The quantitative estimate of drug-likeness (QED) is 0.819. The maximum absolute atomic E-state index is 12.2. The molecule has 1 aromatic heterocycles. The Morgan fingerprint density at radius 2 is 2.12 bits per heavy atom. The SMILES string of the molecule is COCCN1C(=O)CO[C@H]2CN(Cc3cn(C)c4ccccc34)C[C@H]21. The van der Waals surface area contributed by atoms with Crippen LogP contribution in [0.15, 0.2) is 30.5 Å². The topological polar surface area (TPSA) is 46.9 Å². The first kappa shape index (κ1) is 16.6. The van der Waals surface area contributed by atoms with Gasteiger partial charge in [0.15, 0.2) is 0 Å². The molecule has 2 aliphatic heterocycles. The molecule has 0 spiro atoms. The lowest BCUT2D eigenvalue weighted by molar-refractivity contribution is -0.153. The first-order valence-corrected chi connectivity index (χ1v) is 8.82. The fourth-order valence-electron chi connectivity index (χ4n) is 4.14. The summed E-state index contributed by atoms with van der Waals surface area (Å²) in [5, 5.41) is 1.30. The number of ether oxygens (including phenoxy) is 2. The molecule has 0 N–H and O–H groups in total. The van der Waals surface area contributed by atoms with E-state index in [0.29, 0.717) is 13.2 Å². The second kappa shape index (κ2) is 6.78. The van der Waals surface area contributed by atoms with E-state index < -0.39 is 0 Å². The molecule has 6 nitrogen and oxygen atoms in total. The van der Waals surface area contributed by atoms with Gasteiger partial charge in [-0.3, -0.25) is 9.69 Å². The lowest BCUT2D eigenvalue weighted by Crippen LogP contribution is -2.54. The lowest BCUT2D eigenvalue weighted by atomic mass is 10.1. The molecule has 2 aromatic rings. The third kappa shape index (κ3) is 3.05.